The lowest BCUT2D eigenvalue weighted by Crippen LogP contribution is -2.05. The molecule has 25 heavy (non-hydrogen) atoms. The maximum atomic E-state index is 12.1. The molecule has 0 unspecified atom stereocenters. The Morgan fingerprint density at radius 2 is 1.84 bits per heavy atom. The minimum absolute atomic E-state index is 0.231. The highest BCUT2D eigenvalue weighted by molar-refractivity contribution is 9.10. The molecule has 0 N–H and O–H groups in total. The van der Waals surface area contributed by atoms with Crippen molar-refractivity contribution in [3.05, 3.63) is 63.3 Å². The number of halogens is 1. The van der Waals surface area contributed by atoms with Crippen LogP contribution in [0, 0.1) is 6.92 Å². The number of hydrogen-bond donors (Lipinski definition) is 0. The first-order valence-electron chi connectivity index (χ1n) is 7.53. The second-order valence-corrected chi connectivity index (χ2v) is 6.29. The van der Waals surface area contributed by atoms with E-state index in [1.807, 2.05) is 37.3 Å². The number of aryl methyl sites for hydroxylation is 1. The third-order valence-electron chi connectivity index (χ3n) is 3.68. The number of aliphatic imine (C=N–C) groups is 1. The summed E-state index contributed by atoms with van der Waals surface area (Å²) in [4.78, 5) is 16.4. The topological polar surface area (TPSA) is 57.1 Å². The van der Waals surface area contributed by atoms with Crippen molar-refractivity contribution in [3.63, 3.8) is 0 Å². The van der Waals surface area contributed by atoms with E-state index in [4.69, 9.17) is 14.2 Å². The molecule has 3 rings (SSSR count). The molecule has 1 heterocycles. The fraction of sp³-hybridized carbons (Fsp3) is 0.158. The van der Waals surface area contributed by atoms with Gasteiger partial charge in [0.05, 0.1) is 18.7 Å². The largest absolute Gasteiger partial charge is 0.493 e. The normalized spacial score (nSPS) is 15.1. The van der Waals surface area contributed by atoms with E-state index >= 15 is 0 Å². The summed E-state index contributed by atoms with van der Waals surface area (Å²) in [5, 5.41) is 0. The van der Waals surface area contributed by atoms with Crippen LogP contribution in [0.1, 0.15) is 16.7 Å². The highest BCUT2D eigenvalue weighted by Crippen LogP contribution is 2.37. The van der Waals surface area contributed by atoms with Crippen LogP contribution in [0.25, 0.3) is 6.08 Å². The first-order valence-corrected chi connectivity index (χ1v) is 8.32. The van der Waals surface area contributed by atoms with Crippen molar-refractivity contribution >= 4 is 33.9 Å². The van der Waals surface area contributed by atoms with E-state index in [-0.39, 0.29) is 5.70 Å². The summed E-state index contributed by atoms with van der Waals surface area (Å²) >= 11 is 3.43. The summed E-state index contributed by atoms with van der Waals surface area (Å²) in [6.45, 7) is 1.99. The van der Waals surface area contributed by atoms with Crippen LogP contribution in [0.15, 0.2) is 51.6 Å². The Bertz CT molecular complexity index is 885. The Balaban J connectivity index is 1.97. The maximum absolute atomic E-state index is 12.1. The summed E-state index contributed by atoms with van der Waals surface area (Å²) in [5.41, 5.74) is 2.86. The van der Waals surface area contributed by atoms with Gasteiger partial charge in [-0.15, -0.1) is 0 Å². The van der Waals surface area contributed by atoms with Gasteiger partial charge in [-0.2, -0.15) is 0 Å². The van der Waals surface area contributed by atoms with Crippen molar-refractivity contribution < 1.29 is 19.0 Å². The summed E-state index contributed by atoms with van der Waals surface area (Å²) in [7, 11) is 3.12. The van der Waals surface area contributed by atoms with Gasteiger partial charge in [-0.25, -0.2) is 9.79 Å². The molecule has 0 amide bonds. The smallest absolute Gasteiger partial charge is 0.363 e. The van der Waals surface area contributed by atoms with E-state index in [0.717, 1.165) is 21.2 Å². The molecular weight excluding hydrogens is 386 g/mol. The van der Waals surface area contributed by atoms with Crippen molar-refractivity contribution in [3.8, 4) is 11.5 Å². The lowest BCUT2D eigenvalue weighted by molar-refractivity contribution is -0.129. The number of methoxy groups -OCH3 is 2. The fourth-order valence-electron chi connectivity index (χ4n) is 2.41. The molecule has 1 aliphatic heterocycles. The second kappa shape index (κ2) is 7.11. The first kappa shape index (κ1) is 17.2. The van der Waals surface area contributed by atoms with Crippen molar-refractivity contribution in [2.75, 3.05) is 14.2 Å². The Labute approximate surface area is 154 Å². The Hall–Kier alpha value is -2.60. The molecule has 1 aliphatic rings. The lowest BCUT2D eigenvalue weighted by Gasteiger charge is -2.10. The molecular formula is C19H16BrNO4. The molecule has 0 spiro atoms. The molecule has 0 aliphatic carbocycles. The zero-order valence-electron chi connectivity index (χ0n) is 14.0. The maximum Gasteiger partial charge on any atom is 0.363 e. The van der Waals surface area contributed by atoms with E-state index in [1.165, 1.54) is 0 Å². The van der Waals surface area contributed by atoms with Crippen molar-refractivity contribution in [2.45, 2.75) is 6.92 Å². The number of carbonyl (C=O) groups excluding carboxylic acids is 1. The monoisotopic (exact) mass is 401 g/mol. The van der Waals surface area contributed by atoms with Crippen molar-refractivity contribution in [1.82, 2.24) is 0 Å². The highest BCUT2D eigenvalue weighted by Gasteiger charge is 2.24. The number of rotatable bonds is 4. The Kier molecular flexibility index (Phi) is 4.90. The van der Waals surface area contributed by atoms with Crippen molar-refractivity contribution in [1.29, 1.82) is 0 Å². The van der Waals surface area contributed by atoms with E-state index in [1.54, 1.807) is 26.4 Å². The minimum atomic E-state index is -0.485. The molecule has 0 radical (unpaired) electrons. The fourth-order valence-corrected chi connectivity index (χ4v) is 3.03. The number of carbonyl (C=O) groups is 1. The molecule has 2 aromatic rings. The van der Waals surface area contributed by atoms with Crippen LogP contribution < -0.4 is 9.47 Å². The van der Waals surface area contributed by atoms with Crippen LogP contribution in [0.5, 0.6) is 11.5 Å². The lowest BCUT2D eigenvalue weighted by atomic mass is 10.1. The average molecular weight is 402 g/mol. The summed E-state index contributed by atoms with van der Waals surface area (Å²) in [6, 6.07) is 11.2. The summed E-state index contributed by atoms with van der Waals surface area (Å²) in [6.07, 6.45) is 1.65. The summed E-state index contributed by atoms with van der Waals surface area (Å²) < 4.78 is 16.6. The van der Waals surface area contributed by atoms with Crippen LogP contribution in [0.3, 0.4) is 0 Å². The van der Waals surface area contributed by atoms with Gasteiger partial charge in [-0.05, 0) is 58.8 Å². The molecule has 128 valence electrons. The molecule has 2 aromatic carbocycles. The minimum Gasteiger partial charge on any atom is -0.493 e. The molecule has 5 nitrogen and oxygen atoms in total. The van der Waals surface area contributed by atoms with E-state index in [2.05, 4.69) is 20.9 Å². The van der Waals surface area contributed by atoms with Gasteiger partial charge in [0.1, 0.15) is 0 Å². The third kappa shape index (κ3) is 3.58. The van der Waals surface area contributed by atoms with Gasteiger partial charge in [0.2, 0.25) is 5.90 Å². The van der Waals surface area contributed by atoms with Gasteiger partial charge >= 0.3 is 5.97 Å². The Morgan fingerprint density at radius 3 is 2.48 bits per heavy atom. The molecule has 0 bridgehead atoms. The van der Waals surface area contributed by atoms with Crippen LogP contribution >= 0.6 is 15.9 Å². The predicted molar refractivity (Wildman–Crippen MR) is 99.0 cm³/mol. The van der Waals surface area contributed by atoms with Crippen LogP contribution in [-0.4, -0.2) is 26.1 Å². The van der Waals surface area contributed by atoms with E-state index in [0.29, 0.717) is 17.4 Å². The van der Waals surface area contributed by atoms with Crippen molar-refractivity contribution in [2.24, 2.45) is 4.99 Å². The number of hydrogen-bond acceptors (Lipinski definition) is 5. The SMILES string of the molecule is COc1cc(/C=C2/N=C(c3ccc(C)cc3)OC2=O)cc(Br)c1OC. The van der Waals surface area contributed by atoms with Gasteiger partial charge in [0.25, 0.3) is 0 Å². The molecule has 6 heteroatoms. The number of ether oxygens (including phenoxy) is 3. The molecule has 0 aromatic heterocycles. The number of nitrogens with zero attached hydrogens (tertiary/aromatic N) is 1. The zero-order valence-corrected chi connectivity index (χ0v) is 15.6. The predicted octanol–water partition coefficient (Wildman–Crippen LogP) is 4.12. The van der Waals surface area contributed by atoms with E-state index < -0.39 is 5.97 Å². The standard InChI is InChI=1S/C19H16BrNO4/c1-11-4-6-13(7-5-11)18-21-15(19(22)25-18)9-12-8-14(20)17(24-3)16(10-12)23-2/h4-10H,1-3H3/b15-9+. The second-order valence-electron chi connectivity index (χ2n) is 5.44. The quantitative estimate of drug-likeness (QED) is 0.571. The van der Waals surface area contributed by atoms with Gasteiger partial charge in [-0.3, -0.25) is 0 Å². The van der Waals surface area contributed by atoms with Gasteiger partial charge < -0.3 is 14.2 Å². The van der Waals surface area contributed by atoms with Crippen LogP contribution in [0.2, 0.25) is 0 Å². The molecule has 0 saturated carbocycles. The van der Waals surface area contributed by atoms with Crippen LogP contribution in [-0.2, 0) is 9.53 Å². The highest BCUT2D eigenvalue weighted by atomic mass is 79.9. The first-order chi connectivity index (χ1) is 12.0. The van der Waals surface area contributed by atoms with Gasteiger partial charge in [0.15, 0.2) is 17.2 Å². The molecule has 0 saturated heterocycles. The molecule has 0 atom stereocenters. The Morgan fingerprint density at radius 1 is 1.12 bits per heavy atom. The van der Waals surface area contributed by atoms with Crippen LogP contribution in [0.4, 0.5) is 0 Å². The number of esters is 1. The number of benzene rings is 2. The van der Waals surface area contributed by atoms with Gasteiger partial charge in [0, 0.05) is 5.56 Å². The zero-order chi connectivity index (χ0) is 18.0. The third-order valence-corrected chi connectivity index (χ3v) is 4.27. The average Bonchev–Trinajstić information content (AvgIpc) is 2.95. The molecule has 0 fully saturated rings. The number of cyclic esters (lactones) is 1. The van der Waals surface area contributed by atoms with Gasteiger partial charge in [-0.1, -0.05) is 17.7 Å². The van der Waals surface area contributed by atoms with E-state index in [9.17, 15) is 4.79 Å². The summed E-state index contributed by atoms with van der Waals surface area (Å²) in [5.74, 6) is 0.956.